The number of methoxy groups -OCH3 is 1. The highest BCUT2D eigenvalue weighted by molar-refractivity contribution is 9.10. The van der Waals surface area contributed by atoms with Crippen LogP contribution in [0.2, 0.25) is 0 Å². The van der Waals surface area contributed by atoms with Crippen molar-refractivity contribution in [2.75, 3.05) is 7.11 Å². The van der Waals surface area contributed by atoms with Gasteiger partial charge in [-0.15, -0.1) is 0 Å². The molecule has 0 radical (unpaired) electrons. The first-order valence-corrected chi connectivity index (χ1v) is 5.17. The van der Waals surface area contributed by atoms with E-state index >= 15 is 0 Å². The van der Waals surface area contributed by atoms with Gasteiger partial charge in [0.2, 0.25) is 5.75 Å². The minimum atomic E-state index is -0.431. The van der Waals surface area contributed by atoms with Crippen LogP contribution in [-0.2, 0) is 9.68 Å². The third-order valence-corrected chi connectivity index (χ3v) is 2.13. The molecule has 0 unspecified atom stereocenters. The van der Waals surface area contributed by atoms with Crippen molar-refractivity contribution in [2.45, 2.75) is 13.3 Å². The Bertz CT molecular complexity index is 351. The lowest BCUT2D eigenvalue weighted by atomic mass is 10.3. The minimum absolute atomic E-state index is 0.263. The van der Waals surface area contributed by atoms with Crippen LogP contribution in [0.3, 0.4) is 0 Å². The summed E-state index contributed by atoms with van der Waals surface area (Å²) in [4.78, 5) is 20.2. The monoisotopic (exact) mass is 274 g/mol. The second kappa shape index (κ2) is 5.60. The Morgan fingerprint density at radius 3 is 2.73 bits per heavy atom. The summed E-state index contributed by atoms with van der Waals surface area (Å²) in [6.45, 7) is 1.69. The van der Waals surface area contributed by atoms with Crippen molar-refractivity contribution in [1.29, 1.82) is 0 Å². The molecular weight excluding hydrogens is 264 g/mol. The van der Waals surface area contributed by atoms with Gasteiger partial charge < -0.3 is 4.74 Å². The first-order chi connectivity index (χ1) is 7.17. The fourth-order valence-corrected chi connectivity index (χ4v) is 1.20. The summed E-state index contributed by atoms with van der Waals surface area (Å²) in [6, 6.07) is 5.12. The van der Waals surface area contributed by atoms with Gasteiger partial charge in [-0.1, -0.05) is 22.9 Å². The predicted molar refractivity (Wildman–Crippen MR) is 57.7 cm³/mol. The van der Waals surface area contributed by atoms with Gasteiger partial charge in [0.1, 0.15) is 0 Å². The summed E-state index contributed by atoms with van der Waals surface area (Å²) in [6.07, 6.45) is 0.263. The van der Waals surface area contributed by atoms with Crippen molar-refractivity contribution in [3.8, 4) is 11.5 Å². The predicted octanol–water partition coefficient (Wildman–Crippen LogP) is 2.70. The van der Waals surface area contributed by atoms with Gasteiger partial charge in [-0.25, -0.2) is 4.79 Å². The van der Waals surface area contributed by atoms with Crippen LogP contribution in [0.1, 0.15) is 13.3 Å². The number of rotatable bonds is 4. The summed E-state index contributed by atoms with van der Waals surface area (Å²) in [5.41, 5.74) is 0. The largest absolute Gasteiger partial charge is 0.493 e. The average Bonchev–Trinajstić information content (AvgIpc) is 2.26. The second-order valence-electron chi connectivity index (χ2n) is 2.69. The molecule has 0 atom stereocenters. The van der Waals surface area contributed by atoms with E-state index < -0.39 is 5.97 Å². The lowest BCUT2D eigenvalue weighted by Crippen LogP contribution is -2.06. The average molecular weight is 275 g/mol. The molecule has 0 fully saturated rings. The van der Waals surface area contributed by atoms with Crippen LogP contribution in [0, 0.1) is 0 Å². The van der Waals surface area contributed by atoms with E-state index in [-0.39, 0.29) is 6.42 Å². The van der Waals surface area contributed by atoms with Crippen LogP contribution in [0.15, 0.2) is 22.7 Å². The highest BCUT2D eigenvalue weighted by Gasteiger charge is 2.08. The lowest BCUT2D eigenvalue weighted by Gasteiger charge is -2.08. The van der Waals surface area contributed by atoms with Gasteiger partial charge in [0, 0.05) is 10.9 Å². The van der Waals surface area contributed by atoms with Gasteiger partial charge in [0.05, 0.1) is 7.11 Å². The molecule has 0 spiro atoms. The van der Waals surface area contributed by atoms with Crippen molar-refractivity contribution in [3.05, 3.63) is 22.7 Å². The molecule has 0 saturated carbocycles. The summed E-state index contributed by atoms with van der Waals surface area (Å²) in [5.74, 6) is 0.427. The van der Waals surface area contributed by atoms with E-state index in [4.69, 9.17) is 9.62 Å². The van der Waals surface area contributed by atoms with E-state index in [1.54, 1.807) is 25.1 Å². The first kappa shape index (κ1) is 11.8. The quantitative estimate of drug-likeness (QED) is 0.626. The van der Waals surface area contributed by atoms with Crippen LogP contribution in [0.25, 0.3) is 0 Å². The third-order valence-electron chi connectivity index (χ3n) is 1.64. The molecule has 1 aromatic rings. The normalized spacial score (nSPS) is 9.53. The SMILES string of the molecule is CCC(=O)OOc1ccc(Br)cc1OC. The van der Waals surface area contributed by atoms with Crippen LogP contribution in [0.5, 0.6) is 11.5 Å². The lowest BCUT2D eigenvalue weighted by molar-refractivity contribution is -0.213. The fourth-order valence-electron chi connectivity index (χ4n) is 0.861. The van der Waals surface area contributed by atoms with Crippen LogP contribution >= 0.6 is 15.9 Å². The number of benzene rings is 1. The van der Waals surface area contributed by atoms with E-state index in [2.05, 4.69) is 20.8 Å². The number of halogens is 1. The van der Waals surface area contributed by atoms with Crippen molar-refractivity contribution in [3.63, 3.8) is 0 Å². The zero-order valence-electron chi connectivity index (χ0n) is 8.45. The van der Waals surface area contributed by atoms with Crippen LogP contribution < -0.4 is 9.62 Å². The number of hydrogen-bond donors (Lipinski definition) is 0. The Kier molecular flexibility index (Phi) is 4.42. The van der Waals surface area contributed by atoms with Gasteiger partial charge >= 0.3 is 5.97 Å². The van der Waals surface area contributed by atoms with E-state index in [1.165, 1.54) is 7.11 Å². The molecule has 1 rings (SSSR count). The second-order valence-corrected chi connectivity index (χ2v) is 3.60. The molecule has 15 heavy (non-hydrogen) atoms. The van der Waals surface area contributed by atoms with Crippen LogP contribution in [-0.4, -0.2) is 13.1 Å². The molecule has 0 aliphatic rings. The Balaban J connectivity index is 2.72. The van der Waals surface area contributed by atoms with E-state index in [0.29, 0.717) is 11.5 Å². The molecule has 0 saturated heterocycles. The summed E-state index contributed by atoms with van der Waals surface area (Å²) in [5, 5.41) is 0. The number of carbonyl (C=O) groups is 1. The molecule has 0 aromatic heterocycles. The summed E-state index contributed by atoms with van der Waals surface area (Å²) >= 11 is 3.29. The van der Waals surface area contributed by atoms with Gasteiger partial charge in [0.15, 0.2) is 5.75 Å². The van der Waals surface area contributed by atoms with Gasteiger partial charge in [0.25, 0.3) is 0 Å². The Hall–Kier alpha value is -1.23. The molecule has 0 heterocycles. The summed E-state index contributed by atoms with van der Waals surface area (Å²) in [7, 11) is 1.51. The van der Waals surface area contributed by atoms with Crippen molar-refractivity contribution in [1.82, 2.24) is 0 Å². The maximum absolute atomic E-state index is 10.9. The van der Waals surface area contributed by atoms with Crippen LogP contribution in [0.4, 0.5) is 0 Å². The maximum atomic E-state index is 10.9. The highest BCUT2D eigenvalue weighted by Crippen LogP contribution is 2.30. The molecule has 0 aliphatic heterocycles. The number of hydrogen-bond acceptors (Lipinski definition) is 4. The van der Waals surface area contributed by atoms with E-state index in [9.17, 15) is 4.79 Å². The van der Waals surface area contributed by atoms with Crippen molar-refractivity contribution in [2.24, 2.45) is 0 Å². The molecular formula is C10H11BrO4. The highest BCUT2D eigenvalue weighted by atomic mass is 79.9. The molecule has 1 aromatic carbocycles. The Morgan fingerprint density at radius 1 is 1.40 bits per heavy atom. The third kappa shape index (κ3) is 3.43. The smallest absolute Gasteiger partial charge is 0.355 e. The van der Waals surface area contributed by atoms with Crippen molar-refractivity contribution < 1.29 is 19.3 Å². The molecule has 0 aliphatic carbocycles. The topological polar surface area (TPSA) is 44.8 Å². The molecule has 5 heteroatoms. The molecule has 82 valence electrons. The molecule has 4 nitrogen and oxygen atoms in total. The number of carbonyl (C=O) groups excluding carboxylic acids is 1. The molecule has 0 N–H and O–H groups in total. The fraction of sp³-hybridized carbons (Fsp3) is 0.300. The Labute approximate surface area is 96.2 Å². The Morgan fingerprint density at radius 2 is 2.13 bits per heavy atom. The maximum Gasteiger partial charge on any atom is 0.355 e. The first-order valence-electron chi connectivity index (χ1n) is 4.38. The molecule has 0 bridgehead atoms. The minimum Gasteiger partial charge on any atom is -0.493 e. The van der Waals surface area contributed by atoms with Gasteiger partial charge in [-0.2, -0.15) is 0 Å². The standard InChI is InChI=1S/C10H11BrO4/c1-3-10(12)15-14-8-5-4-7(11)6-9(8)13-2/h4-6H,3H2,1-2H3. The van der Waals surface area contributed by atoms with E-state index in [0.717, 1.165) is 4.47 Å². The van der Waals surface area contributed by atoms with Gasteiger partial charge in [-0.3, -0.25) is 9.78 Å². The van der Waals surface area contributed by atoms with E-state index in [1.807, 2.05) is 0 Å². The zero-order chi connectivity index (χ0) is 11.3. The van der Waals surface area contributed by atoms with Crippen molar-refractivity contribution >= 4 is 21.9 Å². The zero-order valence-corrected chi connectivity index (χ0v) is 10.0. The molecule has 0 amide bonds. The number of ether oxygens (including phenoxy) is 1. The summed E-state index contributed by atoms with van der Waals surface area (Å²) < 4.78 is 5.90. The van der Waals surface area contributed by atoms with Gasteiger partial charge in [-0.05, 0) is 18.2 Å².